The predicted octanol–water partition coefficient (Wildman–Crippen LogP) is 3.47. The van der Waals surface area contributed by atoms with Crippen molar-refractivity contribution in [3.8, 4) is 5.75 Å². The number of thiol groups is 1. The first-order chi connectivity index (χ1) is 6.94. The number of benzene rings is 1. The Morgan fingerprint density at radius 2 is 2.07 bits per heavy atom. The van der Waals surface area contributed by atoms with E-state index in [1.54, 1.807) is 19.1 Å². The molecule has 1 rings (SSSR count). The highest BCUT2D eigenvalue weighted by Gasteiger charge is 2.16. The normalized spacial score (nSPS) is 11.5. The van der Waals surface area contributed by atoms with Gasteiger partial charge < -0.3 is 4.74 Å². The maximum absolute atomic E-state index is 13.0. The molecule has 0 radical (unpaired) electrons. The van der Waals surface area contributed by atoms with Crippen LogP contribution in [-0.4, -0.2) is 12.4 Å². The van der Waals surface area contributed by atoms with Gasteiger partial charge in [-0.25, -0.2) is 4.39 Å². The van der Waals surface area contributed by atoms with Crippen LogP contribution in [0.2, 0.25) is 0 Å². The molecular formula is C12H17FOS. The molecule has 0 unspecified atom stereocenters. The van der Waals surface area contributed by atoms with Gasteiger partial charge in [0.1, 0.15) is 11.6 Å². The van der Waals surface area contributed by atoms with Crippen molar-refractivity contribution in [2.75, 3.05) is 12.4 Å². The Labute approximate surface area is 96.1 Å². The molecule has 15 heavy (non-hydrogen) atoms. The SMILES string of the molecule is Cc1cc(OCC(C)(C)CS)ccc1F. The van der Waals surface area contributed by atoms with Crippen LogP contribution in [0.3, 0.4) is 0 Å². The van der Waals surface area contributed by atoms with E-state index in [0.29, 0.717) is 17.9 Å². The Morgan fingerprint density at radius 1 is 1.40 bits per heavy atom. The monoisotopic (exact) mass is 228 g/mol. The molecule has 1 aromatic carbocycles. The summed E-state index contributed by atoms with van der Waals surface area (Å²) in [5.74, 6) is 1.27. The van der Waals surface area contributed by atoms with E-state index in [-0.39, 0.29) is 11.2 Å². The Bertz CT molecular complexity index is 336. The standard InChI is InChI=1S/C12H17FOS/c1-9-6-10(4-5-11(9)13)14-7-12(2,3)8-15/h4-6,15H,7-8H2,1-3H3. The van der Waals surface area contributed by atoms with Crippen molar-refractivity contribution >= 4 is 12.6 Å². The Kier molecular flexibility index (Phi) is 4.03. The quantitative estimate of drug-likeness (QED) is 0.776. The minimum absolute atomic E-state index is 0.0331. The average molecular weight is 228 g/mol. The van der Waals surface area contributed by atoms with Crippen molar-refractivity contribution in [2.24, 2.45) is 5.41 Å². The van der Waals surface area contributed by atoms with Crippen LogP contribution < -0.4 is 4.74 Å². The molecule has 0 aliphatic carbocycles. The Hall–Kier alpha value is -0.700. The lowest BCUT2D eigenvalue weighted by Crippen LogP contribution is -2.23. The number of halogens is 1. The molecule has 1 nitrogen and oxygen atoms in total. The van der Waals surface area contributed by atoms with Gasteiger partial charge in [0.2, 0.25) is 0 Å². The minimum Gasteiger partial charge on any atom is -0.493 e. The summed E-state index contributed by atoms with van der Waals surface area (Å²) < 4.78 is 18.6. The van der Waals surface area contributed by atoms with Crippen molar-refractivity contribution < 1.29 is 9.13 Å². The molecule has 0 aromatic heterocycles. The Balaban J connectivity index is 2.62. The first-order valence-electron chi connectivity index (χ1n) is 4.94. The van der Waals surface area contributed by atoms with Gasteiger partial charge in [0.05, 0.1) is 6.61 Å². The molecule has 0 spiro atoms. The summed E-state index contributed by atoms with van der Waals surface area (Å²) in [6.45, 7) is 6.47. The van der Waals surface area contributed by atoms with Crippen LogP contribution in [0.1, 0.15) is 19.4 Å². The number of rotatable bonds is 4. The molecule has 0 atom stereocenters. The lowest BCUT2D eigenvalue weighted by atomic mass is 9.98. The topological polar surface area (TPSA) is 9.23 Å². The van der Waals surface area contributed by atoms with Crippen LogP contribution in [0.5, 0.6) is 5.75 Å². The number of aryl methyl sites for hydroxylation is 1. The highest BCUT2D eigenvalue weighted by atomic mass is 32.1. The molecule has 0 N–H and O–H groups in total. The molecule has 0 heterocycles. The van der Waals surface area contributed by atoms with Crippen molar-refractivity contribution in [2.45, 2.75) is 20.8 Å². The maximum atomic E-state index is 13.0. The molecule has 0 saturated heterocycles. The molecule has 1 aromatic rings. The van der Waals surface area contributed by atoms with E-state index in [4.69, 9.17) is 4.74 Å². The highest BCUT2D eigenvalue weighted by molar-refractivity contribution is 7.80. The van der Waals surface area contributed by atoms with E-state index < -0.39 is 0 Å². The van der Waals surface area contributed by atoms with E-state index >= 15 is 0 Å². The lowest BCUT2D eigenvalue weighted by molar-refractivity contribution is 0.202. The first-order valence-corrected chi connectivity index (χ1v) is 5.58. The number of ether oxygens (including phenoxy) is 1. The molecule has 0 aliphatic heterocycles. The van der Waals surface area contributed by atoms with Gasteiger partial charge in [0, 0.05) is 5.41 Å². The van der Waals surface area contributed by atoms with Gasteiger partial charge in [-0.1, -0.05) is 13.8 Å². The second-order valence-corrected chi connectivity index (χ2v) is 4.84. The summed E-state index contributed by atoms with van der Waals surface area (Å²) in [6, 6.07) is 4.79. The van der Waals surface area contributed by atoms with E-state index in [0.717, 1.165) is 5.75 Å². The molecule has 0 saturated carbocycles. The second kappa shape index (κ2) is 4.88. The fourth-order valence-corrected chi connectivity index (χ4v) is 1.12. The molecule has 84 valence electrons. The molecule has 0 fully saturated rings. The van der Waals surface area contributed by atoms with Gasteiger partial charge in [-0.2, -0.15) is 12.6 Å². The summed E-state index contributed by atoms with van der Waals surface area (Å²) in [5.41, 5.74) is 0.641. The third-order valence-corrected chi connectivity index (χ3v) is 3.04. The number of hydrogen-bond donors (Lipinski definition) is 1. The second-order valence-electron chi connectivity index (χ2n) is 4.52. The molecule has 3 heteroatoms. The minimum atomic E-state index is -0.198. The zero-order chi connectivity index (χ0) is 11.5. The molecule has 0 aliphatic rings. The highest BCUT2D eigenvalue weighted by Crippen LogP contribution is 2.21. The van der Waals surface area contributed by atoms with E-state index in [1.807, 2.05) is 0 Å². The zero-order valence-electron chi connectivity index (χ0n) is 9.38. The fraction of sp³-hybridized carbons (Fsp3) is 0.500. The van der Waals surface area contributed by atoms with Crippen LogP contribution in [0.25, 0.3) is 0 Å². The van der Waals surface area contributed by atoms with E-state index in [9.17, 15) is 4.39 Å². The predicted molar refractivity (Wildman–Crippen MR) is 64.3 cm³/mol. The van der Waals surface area contributed by atoms with Gasteiger partial charge in [-0.05, 0) is 36.4 Å². The van der Waals surface area contributed by atoms with Crippen LogP contribution in [0.4, 0.5) is 4.39 Å². The van der Waals surface area contributed by atoms with Crippen molar-refractivity contribution in [1.29, 1.82) is 0 Å². The van der Waals surface area contributed by atoms with Gasteiger partial charge in [0.15, 0.2) is 0 Å². The first kappa shape index (κ1) is 12.4. The largest absolute Gasteiger partial charge is 0.493 e. The van der Waals surface area contributed by atoms with Gasteiger partial charge >= 0.3 is 0 Å². The van der Waals surface area contributed by atoms with Gasteiger partial charge in [0.25, 0.3) is 0 Å². The maximum Gasteiger partial charge on any atom is 0.126 e. The summed E-state index contributed by atoms with van der Waals surface area (Å²) in [5, 5.41) is 0. The van der Waals surface area contributed by atoms with Gasteiger partial charge in [-0.3, -0.25) is 0 Å². The van der Waals surface area contributed by atoms with Crippen molar-refractivity contribution in [3.63, 3.8) is 0 Å². The summed E-state index contributed by atoms with van der Waals surface area (Å²) >= 11 is 4.24. The van der Waals surface area contributed by atoms with E-state index in [2.05, 4.69) is 26.5 Å². The molecule has 0 amide bonds. The van der Waals surface area contributed by atoms with Crippen LogP contribution in [0, 0.1) is 18.2 Å². The molecule has 0 bridgehead atoms. The third kappa shape index (κ3) is 3.74. The van der Waals surface area contributed by atoms with Crippen LogP contribution in [-0.2, 0) is 0 Å². The summed E-state index contributed by atoms with van der Waals surface area (Å²) in [7, 11) is 0. The average Bonchev–Trinajstić information content (AvgIpc) is 2.20. The zero-order valence-corrected chi connectivity index (χ0v) is 10.3. The Morgan fingerprint density at radius 3 is 2.60 bits per heavy atom. The summed E-state index contributed by atoms with van der Waals surface area (Å²) in [4.78, 5) is 0. The summed E-state index contributed by atoms with van der Waals surface area (Å²) in [6.07, 6.45) is 0. The fourth-order valence-electron chi connectivity index (χ4n) is 1.03. The van der Waals surface area contributed by atoms with E-state index in [1.165, 1.54) is 6.07 Å². The van der Waals surface area contributed by atoms with Crippen molar-refractivity contribution in [1.82, 2.24) is 0 Å². The lowest BCUT2D eigenvalue weighted by Gasteiger charge is -2.22. The molecular weight excluding hydrogens is 211 g/mol. The third-order valence-electron chi connectivity index (χ3n) is 2.19. The van der Waals surface area contributed by atoms with Crippen LogP contribution >= 0.6 is 12.6 Å². The number of hydrogen-bond acceptors (Lipinski definition) is 2. The van der Waals surface area contributed by atoms with Crippen molar-refractivity contribution in [3.05, 3.63) is 29.6 Å². The van der Waals surface area contributed by atoms with Crippen LogP contribution in [0.15, 0.2) is 18.2 Å². The van der Waals surface area contributed by atoms with Gasteiger partial charge in [-0.15, -0.1) is 0 Å². The smallest absolute Gasteiger partial charge is 0.126 e.